The fraction of sp³-hybridized carbons (Fsp3) is 0.143. The number of amides is 1. The molecule has 0 saturated heterocycles. The number of nitrogens with one attached hydrogen (secondary N) is 2. The minimum Gasteiger partial charge on any atom is -0.497 e. The Kier molecular flexibility index (Phi) is 5.83. The highest BCUT2D eigenvalue weighted by atomic mass is 16.5. The van der Waals surface area contributed by atoms with Crippen molar-refractivity contribution in [2.24, 2.45) is 0 Å². The Bertz CT molecular complexity index is 831. The van der Waals surface area contributed by atoms with Gasteiger partial charge in [0.05, 0.1) is 19.0 Å². The molecule has 1 amide bonds. The molecule has 0 fully saturated rings. The van der Waals surface area contributed by atoms with Crippen molar-refractivity contribution in [2.75, 3.05) is 19.0 Å². The van der Waals surface area contributed by atoms with Gasteiger partial charge >= 0.3 is 0 Å². The van der Waals surface area contributed by atoms with E-state index in [4.69, 9.17) is 4.74 Å². The summed E-state index contributed by atoms with van der Waals surface area (Å²) in [6.07, 6.45) is 2.41. The van der Waals surface area contributed by atoms with Crippen molar-refractivity contribution in [3.8, 4) is 5.75 Å². The third-order valence-corrected chi connectivity index (χ3v) is 3.92. The van der Waals surface area contributed by atoms with E-state index in [0.717, 1.165) is 29.1 Å². The zero-order valence-corrected chi connectivity index (χ0v) is 14.6. The summed E-state index contributed by atoms with van der Waals surface area (Å²) >= 11 is 0. The van der Waals surface area contributed by atoms with E-state index in [9.17, 15) is 4.79 Å². The number of pyridine rings is 1. The van der Waals surface area contributed by atoms with Crippen LogP contribution in [-0.4, -0.2) is 24.5 Å². The molecule has 2 aromatic carbocycles. The van der Waals surface area contributed by atoms with Gasteiger partial charge in [-0.1, -0.05) is 30.3 Å². The van der Waals surface area contributed by atoms with E-state index >= 15 is 0 Å². The first-order chi connectivity index (χ1) is 12.7. The molecule has 0 unspecified atom stereocenters. The molecule has 0 bridgehead atoms. The maximum atomic E-state index is 12.2. The molecule has 5 nitrogen and oxygen atoms in total. The lowest BCUT2D eigenvalue weighted by Crippen LogP contribution is -2.26. The Morgan fingerprint density at radius 2 is 1.73 bits per heavy atom. The fourth-order valence-corrected chi connectivity index (χ4v) is 2.49. The molecule has 2 N–H and O–H groups in total. The van der Waals surface area contributed by atoms with Gasteiger partial charge in [0, 0.05) is 12.2 Å². The van der Waals surface area contributed by atoms with Gasteiger partial charge in [-0.25, -0.2) is 4.98 Å². The zero-order chi connectivity index (χ0) is 18.2. The van der Waals surface area contributed by atoms with E-state index in [1.165, 1.54) is 0 Å². The van der Waals surface area contributed by atoms with Crippen LogP contribution in [-0.2, 0) is 6.42 Å². The largest absolute Gasteiger partial charge is 0.497 e. The Hall–Kier alpha value is -3.34. The third kappa shape index (κ3) is 4.83. The molecule has 0 radical (unpaired) electrons. The predicted octanol–water partition coefficient (Wildman–Crippen LogP) is 3.81. The molecule has 3 rings (SSSR count). The predicted molar refractivity (Wildman–Crippen MR) is 103 cm³/mol. The highest BCUT2D eigenvalue weighted by Crippen LogP contribution is 2.15. The van der Waals surface area contributed by atoms with Gasteiger partial charge < -0.3 is 15.4 Å². The normalized spacial score (nSPS) is 10.2. The second-order valence-corrected chi connectivity index (χ2v) is 5.78. The van der Waals surface area contributed by atoms with Crippen molar-refractivity contribution < 1.29 is 9.53 Å². The zero-order valence-electron chi connectivity index (χ0n) is 14.6. The number of anilines is 2. The van der Waals surface area contributed by atoms with Crippen LogP contribution in [0.15, 0.2) is 72.9 Å². The number of ether oxygens (including phenoxy) is 1. The Morgan fingerprint density at radius 1 is 0.962 bits per heavy atom. The number of rotatable bonds is 7. The summed E-state index contributed by atoms with van der Waals surface area (Å²) in [5.74, 6) is 0.649. The molecule has 0 aliphatic rings. The minimum atomic E-state index is -0.176. The number of hydrogen-bond donors (Lipinski definition) is 2. The van der Waals surface area contributed by atoms with E-state index in [2.05, 4.69) is 15.6 Å². The molecule has 26 heavy (non-hydrogen) atoms. The average molecular weight is 347 g/mol. The van der Waals surface area contributed by atoms with Crippen molar-refractivity contribution in [3.63, 3.8) is 0 Å². The first-order valence-corrected chi connectivity index (χ1v) is 8.44. The molecule has 0 spiro atoms. The molecule has 132 valence electrons. The number of para-hydroxylation sites is 1. The molecular weight excluding hydrogens is 326 g/mol. The van der Waals surface area contributed by atoms with Crippen LogP contribution in [0.25, 0.3) is 0 Å². The lowest BCUT2D eigenvalue weighted by atomic mass is 10.1. The number of nitrogens with zero attached hydrogens (tertiary/aromatic N) is 1. The quantitative estimate of drug-likeness (QED) is 0.682. The van der Waals surface area contributed by atoms with Crippen LogP contribution in [0, 0.1) is 0 Å². The third-order valence-electron chi connectivity index (χ3n) is 3.92. The standard InChI is InChI=1S/C21H21N3O2/c1-26-19-10-7-16(8-11-19)13-14-22-21(25)20-12-9-18(15-23-20)24-17-5-3-2-4-6-17/h2-12,15,24H,13-14H2,1H3,(H,22,25). The van der Waals surface area contributed by atoms with Gasteiger partial charge in [0.2, 0.25) is 0 Å². The highest BCUT2D eigenvalue weighted by Gasteiger charge is 2.06. The molecule has 0 aliphatic carbocycles. The van der Waals surface area contributed by atoms with Crippen molar-refractivity contribution in [2.45, 2.75) is 6.42 Å². The summed E-state index contributed by atoms with van der Waals surface area (Å²) in [5, 5.41) is 6.13. The molecule has 1 aromatic heterocycles. The maximum absolute atomic E-state index is 12.2. The van der Waals surface area contributed by atoms with Crippen LogP contribution >= 0.6 is 0 Å². The summed E-state index contributed by atoms with van der Waals surface area (Å²) in [6, 6.07) is 21.2. The molecule has 3 aromatic rings. The van der Waals surface area contributed by atoms with E-state index in [0.29, 0.717) is 12.2 Å². The first kappa shape index (κ1) is 17.5. The van der Waals surface area contributed by atoms with Crippen LogP contribution in [0.5, 0.6) is 5.75 Å². The number of hydrogen-bond acceptors (Lipinski definition) is 4. The lowest BCUT2D eigenvalue weighted by Gasteiger charge is -2.08. The minimum absolute atomic E-state index is 0.176. The smallest absolute Gasteiger partial charge is 0.269 e. The van der Waals surface area contributed by atoms with Crippen molar-refractivity contribution in [1.29, 1.82) is 0 Å². The summed E-state index contributed by atoms with van der Waals surface area (Å²) in [4.78, 5) is 16.4. The lowest BCUT2D eigenvalue weighted by molar-refractivity contribution is 0.0949. The Morgan fingerprint density at radius 3 is 2.38 bits per heavy atom. The first-order valence-electron chi connectivity index (χ1n) is 8.44. The van der Waals surface area contributed by atoms with Gasteiger partial charge in [0.15, 0.2) is 0 Å². The molecule has 1 heterocycles. The Balaban J connectivity index is 1.49. The second kappa shape index (κ2) is 8.67. The molecule has 0 aliphatic heterocycles. The summed E-state index contributed by atoms with van der Waals surface area (Å²) in [6.45, 7) is 0.552. The van der Waals surface area contributed by atoms with E-state index in [1.807, 2.05) is 60.7 Å². The SMILES string of the molecule is COc1ccc(CCNC(=O)c2ccc(Nc3ccccc3)cn2)cc1. The van der Waals surface area contributed by atoms with E-state index in [-0.39, 0.29) is 5.91 Å². The monoisotopic (exact) mass is 347 g/mol. The highest BCUT2D eigenvalue weighted by molar-refractivity contribution is 5.92. The Labute approximate surface area is 153 Å². The second-order valence-electron chi connectivity index (χ2n) is 5.78. The molecule has 0 atom stereocenters. The van der Waals surface area contributed by atoms with E-state index < -0.39 is 0 Å². The number of aromatic nitrogens is 1. The number of carbonyl (C=O) groups is 1. The number of benzene rings is 2. The van der Waals surface area contributed by atoms with Crippen molar-refractivity contribution >= 4 is 17.3 Å². The molecule has 0 saturated carbocycles. The number of methoxy groups -OCH3 is 1. The van der Waals surface area contributed by atoms with Gasteiger partial charge in [-0.15, -0.1) is 0 Å². The molecule has 5 heteroatoms. The van der Waals surface area contributed by atoms with Gasteiger partial charge in [0.1, 0.15) is 11.4 Å². The van der Waals surface area contributed by atoms with Crippen LogP contribution in [0.4, 0.5) is 11.4 Å². The number of carbonyl (C=O) groups excluding carboxylic acids is 1. The van der Waals surface area contributed by atoms with Crippen molar-refractivity contribution in [1.82, 2.24) is 10.3 Å². The summed E-state index contributed by atoms with van der Waals surface area (Å²) in [7, 11) is 1.64. The van der Waals surface area contributed by atoms with Crippen molar-refractivity contribution in [3.05, 3.63) is 84.2 Å². The summed E-state index contributed by atoms with van der Waals surface area (Å²) in [5.41, 5.74) is 3.36. The molecular formula is C21H21N3O2. The van der Waals surface area contributed by atoms with Gasteiger partial charge in [-0.3, -0.25) is 4.79 Å². The maximum Gasteiger partial charge on any atom is 0.269 e. The average Bonchev–Trinajstić information content (AvgIpc) is 2.70. The van der Waals surface area contributed by atoms with Crippen LogP contribution in [0.1, 0.15) is 16.1 Å². The van der Waals surface area contributed by atoms with Crippen LogP contribution < -0.4 is 15.4 Å². The van der Waals surface area contributed by atoms with Gasteiger partial charge in [0.25, 0.3) is 5.91 Å². The summed E-state index contributed by atoms with van der Waals surface area (Å²) < 4.78 is 5.13. The fourth-order valence-electron chi connectivity index (χ4n) is 2.49. The van der Waals surface area contributed by atoms with E-state index in [1.54, 1.807) is 19.4 Å². The topological polar surface area (TPSA) is 63.2 Å². The van der Waals surface area contributed by atoms with Crippen LogP contribution in [0.3, 0.4) is 0 Å². The van der Waals surface area contributed by atoms with Gasteiger partial charge in [-0.05, 0) is 48.4 Å². The van der Waals surface area contributed by atoms with Crippen LogP contribution in [0.2, 0.25) is 0 Å². The van der Waals surface area contributed by atoms with Gasteiger partial charge in [-0.2, -0.15) is 0 Å².